The molecule has 0 unspecified atom stereocenters. The van der Waals surface area contributed by atoms with Gasteiger partial charge in [-0.25, -0.2) is 0 Å². The summed E-state index contributed by atoms with van der Waals surface area (Å²) in [7, 11) is 0. The molecule has 5 heteroatoms. The number of aromatic nitrogens is 1. The zero-order chi connectivity index (χ0) is 16.2. The van der Waals surface area contributed by atoms with E-state index in [0.29, 0.717) is 6.61 Å². The Balaban J connectivity index is 1.95. The highest BCUT2D eigenvalue weighted by atomic mass is 32.2. The highest BCUT2D eigenvalue weighted by molar-refractivity contribution is 7.99. The molecule has 0 aliphatic carbocycles. The first-order valence-electron chi connectivity index (χ1n) is 7.19. The van der Waals surface area contributed by atoms with E-state index in [1.54, 1.807) is 29.7 Å². The van der Waals surface area contributed by atoms with Crippen LogP contribution in [0.15, 0.2) is 58.6 Å². The maximum atomic E-state index is 6.14. The largest absolute Gasteiger partial charge is 0.488 e. The molecule has 0 aliphatic heterocycles. The first-order chi connectivity index (χ1) is 11.2. The van der Waals surface area contributed by atoms with Crippen molar-refractivity contribution in [2.45, 2.75) is 16.4 Å². The molecule has 2 aromatic carbocycles. The minimum Gasteiger partial charge on any atom is -0.488 e. The Morgan fingerprint density at radius 3 is 2.74 bits per heavy atom. The van der Waals surface area contributed by atoms with Gasteiger partial charge in [0.25, 0.3) is 0 Å². The van der Waals surface area contributed by atoms with Crippen molar-refractivity contribution < 1.29 is 4.74 Å². The lowest BCUT2D eigenvalue weighted by Gasteiger charge is -2.16. The van der Waals surface area contributed by atoms with Gasteiger partial charge in [-0.3, -0.25) is 4.98 Å². The van der Waals surface area contributed by atoms with Crippen LogP contribution in [0.25, 0.3) is 10.8 Å². The Morgan fingerprint density at radius 1 is 1.09 bits per heavy atom. The number of rotatable bonds is 5. The molecule has 0 saturated heterocycles. The van der Waals surface area contributed by atoms with Crippen LogP contribution >= 0.6 is 23.5 Å². The zero-order valence-electron chi connectivity index (χ0n) is 13.1. The molecule has 0 fully saturated rings. The highest BCUT2D eigenvalue weighted by Gasteiger charge is 2.12. The van der Waals surface area contributed by atoms with Gasteiger partial charge in [-0.05, 0) is 36.8 Å². The number of pyridine rings is 1. The van der Waals surface area contributed by atoms with Crippen LogP contribution in [0.3, 0.4) is 0 Å². The molecule has 0 radical (unpaired) electrons. The van der Waals surface area contributed by atoms with E-state index in [0.717, 1.165) is 32.7 Å². The Labute approximate surface area is 144 Å². The fourth-order valence-corrected chi connectivity index (χ4v) is 3.96. The fourth-order valence-electron chi connectivity index (χ4n) is 2.57. The summed E-state index contributed by atoms with van der Waals surface area (Å²) in [5, 5.41) is 2.15. The smallest absolute Gasteiger partial charge is 0.127 e. The van der Waals surface area contributed by atoms with E-state index >= 15 is 0 Å². The van der Waals surface area contributed by atoms with Gasteiger partial charge in [0, 0.05) is 44.2 Å². The molecule has 1 heterocycles. The Hall–Kier alpha value is -1.85. The summed E-state index contributed by atoms with van der Waals surface area (Å²) in [6, 6.07) is 12.0. The molecule has 118 valence electrons. The van der Waals surface area contributed by atoms with E-state index in [9.17, 15) is 0 Å². The third kappa shape index (κ3) is 3.26. The van der Waals surface area contributed by atoms with Crippen LogP contribution in [-0.4, -0.2) is 17.5 Å². The number of benzene rings is 2. The van der Waals surface area contributed by atoms with Crippen molar-refractivity contribution in [3.05, 3.63) is 54.4 Å². The molecule has 0 amide bonds. The Bertz CT molecular complexity index is 831. The molecule has 1 aromatic heterocycles. The van der Waals surface area contributed by atoms with E-state index in [1.165, 1.54) is 4.90 Å². The third-order valence-corrected chi connectivity index (χ3v) is 5.40. The molecule has 2 N–H and O–H groups in total. The number of nitrogens with zero attached hydrogens (tertiary/aromatic N) is 1. The zero-order valence-corrected chi connectivity index (χ0v) is 14.7. The van der Waals surface area contributed by atoms with Gasteiger partial charge >= 0.3 is 0 Å². The van der Waals surface area contributed by atoms with Crippen molar-refractivity contribution in [2.75, 3.05) is 18.2 Å². The second kappa shape index (κ2) is 7.15. The first kappa shape index (κ1) is 16.0. The number of thioether (sulfide) groups is 2. The minimum absolute atomic E-state index is 0.499. The van der Waals surface area contributed by atoms with Crippen molar-refractivity contribution in [2.24, 2.45) is 0 Å². The van der Waals surface area contributed by atoms with Crippen LogP contribution in [0.4, 0.5) is 5.69 Å². The number of nitrogens with two attached hydrogens (primary N) is 1. The second-order valence-electron chi connectivity index (χ2n) is 5.01. The minimum atomic E-state index is 0.499. The van der Waals surface area contributed by atoms with Gasteiger partial charge in [0.15, 0.2) is 0 Å². The van der Waals surface area contributed by atoms with Crippen LogP contribution in [0, 0.1) is 0 Å². The summed E-state index contributed by atoms with van der Waals surface area (Å²) in [5.41, 5.74) is 8.07. The van der Waals surface area contributed by atoms with Crippen LogP contribution in [0.2, 0.25) is 0 Å². The second-order valence-corrected chi connectivity index (χ2v) is 6.68. The van der Waals surface area contributed by atoms with Crippen molar-refractivity contribution in [1.29, 1.82) is 0 Å². The van der Waals surface area contributed by atoms with Gasteiger partial charge in [-0.1, -0.05) is 12.1 Å². The van der Waals surface area contributed by atoms with Gasteiger partial charge in [-0.15, -0.1) is 23.5 Å². The molecule has 0 atom stereocenters. The van der Waals surface area contributed by atoms with Crippen LogP contribution < -0.4 is 10.5 Å². The topological polar surface area (TPSA) is 48.1 Å². The van der Waals surface area contributed by atoms with E-state index < -0.39 is 0 Å². The molecular formula is C18H18N2OS2. The number of anilines is 1. The van der Waals surface area contributed by atoms with Crippen LogP contribution in [-0.2, 0) is 6.61 Å². The summed E-state index contributed by atoms with van der Waals surface area (Å²) in [5.74, 6) is 0.867. The molecular weight excluding hydrogens is 324 g/mol. The Morgan fingerprint density at radius 2 is 1.96 bits per heavy atom. The van der Waals surface area contributed by atoms with Crippen molar-refractivity contribution >= 4 is 40.0 Å². The van der Waals surface area contributed by atoms with Gasteiger partial charge < -0.3 is 10.5 Å². The summed E-state index contributed by atoms with van der Waals surface area (Å²) in [6.45, 7) is 0.499. The molecule has 23 heavy (non-hydrogen) atoms. The molecule has 3 aromatic rings. The lowest BCUT2D eigenvalue weighted by molar-refractivity contribution is 0.304. The monoisotopic (exact) mass is 342 g/mol. The molecule has 0 spiro atoms. The lowest BCUT2D eigenvalue weighted by Crippen LogP contribution is -2.02. The van der Waals surface area contributed by atoms with Crippen LogP contribution in [0.1, 0.15) is 5.56 Å². The quantitative estimate of drug-likeness (QED) is 0.531. The first-order valence-corrected chi connectivity index (χ1v) is 9.64. The van der Waals surface area contributed by atoms with Crippen molar-refractivity contribution in [3.8, 4) is 5.75 Å². The molecule has 0 bridgehead atoms. The van der Waals surface area contributed by atoms with Crippen molar-refractivity contribution in [1.82, 2.24) is 4.98 Å². The van der Waals surface area contributed by atoms with Crippen LogP contribution in [0.5, 0.6) is 5.75 Å². The third-order valence-electron chi connectivity index (χ3n) is 3.68. The maximum Gasteiger partial charge on any atom is 0.127 e. The fraction of sp³-hybridized carbons (Fsp3) is 0.167. The molecule has 3 rings (SSSR count). The van der Waals surface area contributed by atoms with Gasteiger partial charge in [0.1, 0.15) is 12.4 Å². The van der Waals surface area contributed by atoms with Gasteiger partial charge in [0.05, 0.1) is 0 Å². The number of fused-ring (bicyclic) bond motifs is 1. The summed E-state index contributed by atoms with van der Waals surface area (Å²) < 4.78 is 6.14. The summed E-state index contributed by atoms with van der Waals surface area (Å²) in [4.78, 5) is 6.46. The standard InChI is InChI=1S/C18H18N2OS2/c1-22-17-7-6-15(19)18(23-2)14(17)11-21-16-5-3-4-12-10-20-9-8-13(12)16/h3-10H,11,19H2,1-2H3. The average Bonchev–Trinajstić information content (AvgIpc) is 2.60. The number of ether oxygens (including phenoxy) is 1. The van der Waals surface area contributed by atoms with Gasteiger partial charge in [-0.2, -0.15) is 0 Å². The molecule has 3 nitrogen and oxygen atoms in total. The SMILES string of the molecule is CSc1ccc(N)c(SC)c1COc1cccc2cnccc12. The van der Waals surface area contributed by atoms with E-state index in [1.807, 2.05) is 42.8 Å². The maximum absolute atomic E-state index is 6.14. The number of hydrogen-bond acceptors (Lipinski definition) is 5. The predicted molar refractivity (Wildman–Crippen MR) is 100 cm³/mol. The normalized spacial score (nSPS) is 10.9. The predicted octanol–water partition coefficient (Wildman–Crippen LogP) is 4.84. The summed E-state index contributed by atoms with van der Waals surface area (Å²) >= 11 is 3.38. The highest BCUT2D eigenvalue weighted by Crippen LogP contribution is 2.35. The average molecular weight is 342 g/mol. The molecule has 0 aliphatic rings. The molecule has 0 saturated carbocycles. The Kier molecular flexibility index (Phi) is 4.98. The van der Waals surface area contributed by atoms with E-state index in [-0.39, 0.29) is 0 Å². The van der Waals surface area contributed by atoms with E-state index in [2.05, 4.69) is 17.3 Å². The number of hydrogen-bond donors (Lipinski definition) is 1. The van der Waals surface area contributed by atoms with Crippen molar-refractivity contribution in [3.63, 3.8) is 0 Å². The summed E-state index contributed by atoms with van der Waals surface area (Å²) in [6.07, 6.45) is 7.76. The van der Waals surface area contributed by atoms with E-state index in [4.69, 9.17) is 10.5 Å². The number of nitrogen functional groups attached to an aromatic ring is 1. The van der Waals surface area contributed by atoms with Gasteiger partial charge in [0.2, 0.25) is 0 Å². The lowest BCUT2D eigenvalue weighted by atomic mass is 10.1.